The summed E-state index contributed by atoms with van der Waals surface area (Å²) in [6.07, 6.45) is 0. The minimum Gasteiger partial charge on any atom is -0.491 e. The molecule has 4 nitrogen and oxygen atoms in total. The van der Waals surface area contributed by atoms with Gasteiger partial charge in [0.25, 0.3) is 0 Å². The van der Waals surface area contributed by atoms with Gasteiger partial charge in [0.2, 0.25) is 0 Å². The molecule has 0 aliphatic rings. The number of nitrogens with zero attached hydrogens (tertiary/aromatic N) is 1. The van der Waals surface area contributed by atoms with Crippen molar-refractivity contribution in [3.05, 3.63) is 47.3 Å². The van der Waals surface area contributed by atoms with E-state index in [0.717, 1.165) is 17.2 Å². The maximum absolute atomic E-state index is 5.54. The van der Waals surface area contributed by atoms with Crippen molar-refractivity contribution >= 4 is 0 Å². The van der Waals surface area contributed by atoms with Crippen LogP contribution in [0.4, 0.5) is 0 Å². The maximum Gasteiger partial charge on any atom is 0.134 e. The molecule has 0 bridgehead atoms. The van der Waals surface area contributed by atoms with E-state index < -0.39 is 0 Å². The zero-order valence-electron chi connectivity index (χ0n) is 10.7. The molecule has 0 saturated heterocycles. The molecule has 0 spiro atoms. The van der Waals surface area contributed by atoms with Gasteiger partial charge in [0, 0.05) is 6.07 Å². The van der Waals surface area contributed by atoms with Crippen molar-refractivity contribution < 1.29 is 14.0 Å². The van der Waals surface area contributed by atoms with Crippen molar-refractivity contribution in [2.75, 3.05) is 13.2 Å². The molecule has 0 fully saturated rings. The Morgan fingerprint density at radius 2 is 1.89 bits per heavy atom. The van der Waals surface area contributed by atoms with Crippen molar-refractivity contribution in [3.8, 4) is 5.75 Å². The fourth-order valence-electron chi connectivity index (χ4n) is 1.52. The van der Waals surface area contributed by atoms with Crippen LogP contribution < -0.4 is 4.74 Å². The van der Waals surface area contributed by atoms with E-state index in [1.807, 2.05) is 44.2 Å². The van der Waals surface area contributed by atoms with Gasteiger partial charge < -0.3 is 14.0 Å². The molecule has 18 heavy (non-hydrogen) atoms. The van der Waals surface area contributed by atoms with Gasteiger partial charge in [-0.15, -0.1) is 0 Å². The number of aryl methyl sites for hydroxylation is 2. The molecular weight excluding hydrogens is 230 g/mol. The van der Waals surface area contributed by atoms with Gasteiger partial charge in [-0.1, -0.05) is 22.9 Å². The Balaban J connectivity index is 1.63. The lowest BCUT2D eigenvalue weighted by atomic mass is 10.2. The van der Waals surface area contributed by atoms with Crippen molar-refractivity contribution in [2.45, 2.75) is 20.5 Å². The number of benzene rings is 1. The molecule has 2 aromatic rings. The smallest absolute Gasteiger partial charge is 0.134 e. The fourth-order valence-corrected chi connectivity index (χ4v) is 1.52. The first-order valence-electron chi connectivity index (χ1n) is 5.93. The number of rotatable bonds is 6. The standard InChI is InChI=1S/C14H17NO3/c1-11-3-5-14(6-4-11)17-8-7-16-10-13-9-12(2)18-15-13/h3-6,9H,7-8,10H2,1-2H3. The highest BCUT2D eigenvalue weighted by molar-refractivity contribution is 5.26. The summed E-state index contributed by atoms with van der Waals surface area (Å²) in [4.78, 5) is 0. The summed E-state index contributed by atoms with van der Waals surface area (Å²) >= 11 is 0. The van der Waals surface area contributed by atoms with Crippen LogP contribution in [-0.2, 0) is 11.3 Å². The van der Waals surface area contributed by atoms with Crippen molar-refractivity contribution in [1.82, 2.24) is 5.16 Å². The van der Waals surface area contributed by atoms with E-state index in [1.165, 1.54) is 5.56 Å². The molecule has 0 radical (unpaired) electrons. The molecule has 0 atom stereocenters. The minimum absolute atomic E-state index is 0.453. The molecule has 0 aliphatic heterocycles. The highest BCUT2D eigenvalue weighted by Gasteiger charge is 2.00. The Morgan fingerprint density at radius 1 is 1.11 bits per heavy atom. The van der Waals surface area contributed by atoms with Crippen LogP contribution in [0.15, 0.2) is 34.9 Å². The molecule has 0 N–H and O–H groups in total. The zero-order valence-corrected chi connectivity index (χ0v) is 10.7. The van der Waals surface area contributed by atoms with E-state index in [1.54, 1.807) is 0 Å². The predicted molar refractivity (Wildman–Crippen MR) is 67.6 cm³/mol. The van der Waals surface area contributed by atoms with Gasteiger partial charge >= 0.3 is 0 Å². The van der Waals surface area contributed by atoms with E-state index in [-0.39, 0.29) is 0 Å². The summed E-state index contributed by atoms with van der Waals surface area (Å²) in [6.45, 7) is 5.41. The molecule has 0 aliphatic carbocycles. The van der Waals surface area contributed by atoms with E-state index in [2.05, 4.69) is 5.16 Å². The maximum atomic E-state index is 5.54. The van der Waals surface area contributed by atoms with Crippen LogP contribution in [0.5, 0.6) is 5.75 Å². The second-order valence-electron chi connectivity index (χ2n) is 4.14. The lowest BCUT2D eigenvalue weighted by Gasteiger charge is -2.06. The zero-order chi connectivity index (χ0) is 12.8. The number of hydrogen-bond acceptors (Lipinski definition) is 4. The SMILES string of the molecule is Cc1ccc(OCCOCc2cc(C)on2)cc1. The molecule has 0 unspecified atom stereocenters. The summed E-state index contributed by atoms with van der Waals surface area (Å²) in [6, 6.07) is 9.82. The van der Waals surface area contributed by atoms with Crippen LogP contribution in [0.2, 0.25) is 0 Å². The van der Waals surface area contributed by atoms with Crippen LogP contribution in [0.3, 0.4) is 0 Å². The number of ether oxygens (including phenoxy) is 2. The van der Waals surface area contributed by atoms with Crippen LogP contribution >= 0.6 is 0 Å². The number of aromatic nitrogens is 1. The molecule has 1 heterocycles. The second kappa shape index (κ2) is 6.21. The van der Waals surface area contributed by atoms with E-state index >= 15 is 0 Å². The van der Waals surface area contributed by atoms with Crippen LogP contribution in [-0.4, -0.2) is 18.4 Å². The quantitative estimate of drug-likeness (QED) is 0.736. The van der Waals surface area contributed by atoms with Crippen molar-refractivity contribution in [3.63, 3.8) is 0 Å². The van der Waals surface area contributed by atoms with Gasteiger partial charge in [-0.3, -0.25) is 0 Å². The van der Waals surface area contributed by atoms with Gasteiger partial charge in [-0.25, -0.2) is 0 Å². The summed E-state index contributed by atoms with van der Waals surface area (Å²) in [5.74, 6) is 1.66. The topological polar surface area (TPSA) is 44.5 Å². The van der Waals surface area contributed by atoms with Gasteiger partial charge in [0.15, 0.2) is 0 Å². The van der Waals surface area contributed by atoms with Crippen LogP contribution in [0.25, 0.3) is 0 Å². The molecular formula is C14H17NO3. The molecule has 4 heteroatoms. The Morgan fingerprint density at radius 3 is 2.56 bits per heavy atom. The van der Waals surface area contributed by atoms with Gasteiger partial charge in [-0.05, 0) is 26.0 Å². The molecule has 0 saturated carbocycles. The third-order valence-electron chi connectivity index (χ3n) is 2.44. The van der Waals surface area contributed by atoms with Gasteiger partial charge in [0.1, 0.15) is 23.8 Å². The summed E-state index contributed by atoms with van der Waals surface area (Å²) < 4.78 is 15.9. The van der Waals surface area contributed by atoms with Crippen LogP contribution in [0.1, 0.15) is 17.0 Å². The average Bonchev–Trinajstić information content (AvgIpc) is 2.77. The lowest BCUT2D eigenvalue weighted by Crippen LogP contribution is -2.06. The van der Waals surface area contributed by atoms with Gasteiger partial charge in [0.05, 0.1) is 13.2 Å². The predicted octanol–water partition coefficient (Wildman–Crippen LogP) is 2.89. The third kappa shape index (κ3) is 3.89. The molecule has 1 aromatic heterocycles. The van der Waals surface area contributed by atoms with Crippen LogP contribution in [0, 0.1) is 13.8 Å². The molecule has 96 valence electrons. The number of hydrogen-bond donors (Lipinski definition) is 0. The second-order valence-corrected chi connectivity index (χ2v) is 4.14. The van der Waals surface area contributed by atoms with E-state index in [9.17, 15) is 0 Å². The Hall–Kier alpha value is -1.81. The third-order valence-corrected chi connectivity index (χ3v) is 2.44. The monoisotopic (exact) mass is 247 g/mol. The first-order valence-corrected chi connectivity index (χ1v) is 5.93. The fraction of sp³-hybridized carbons (Fsp3) is 0.357. The largest absolute Gasteiger partial charge is 0.491 e. The Kier molecular flexibility index (Phi) is 4.36. The average molecular weight is 247 g/mol. The summed E-state index contributed by atoms with van der Waals surface area (Å²) in [5, 5.41) is 3.84. The molecule has 0 amide bonds. The van der Waals surface area contributed by atoms with E-state index in [4.69, 9.17) is 14.0 Å². The Bertz CT molecular complexity index is 476. The molecule has 1 aromatic carbocycles. The molecule has 2 rings (SSSR count). The normalized spacial score (nSPS) is 10.6. The summed E-state index contributed by atoms with van der Waals surface area (Å²) in [5.41, 5.74) is 2.03. The van der Waals surface area contributed by atoms with Gasteiger partial charge in [-0.2, -0.15) is 0 Å². The first kappa shape index (κ1) is 12.6. The van der Waals surface area contributed by atoms with Crippen molar-refractivity contribution in [1.29, 1.82) is 0 Å². The lowest BCUT2D eigenvalue weighted by molar-refractivity contribution is 0.0852. The highest BCUT2D eigenvalue weighted by atomic mass is 16.5. The van der Waals surface area contributed by atoms with Crippen molar-refractivity contribution in [2.24, 2.45) is 0 Å². The van der Waals surface area contributed by atoms with E-state index in [0.29, 0.717) is 19.8 Å². The highest BCUT2D eigenvalue weighted by Crippen LogP contribution is 2.11. The minimum atomic E-state index is 0.453. The Labute approximate surface area is 107 Å². The first-order chi connectivity index (χ1) is 8.74. The summed E-state index contributed by atoms with van der Waals surface area (Å²) in [7, 11) is 0.